The molecule has 0 radical (unpaired) electrons. The van der Waals surface area contributed by atoms with Crippen molar-refractivity contribution < 1.29 is 4.74 Å². The Morgan fingerprint density at radius 2 is 2.08 bits per heavy atom. The number of fused-ring (bicyclic) bond motifs is 1. The van der Waals surface area contributed by atoms with Crippen molar-refractivity contribution in [2.75, 3.05) is 24.3 Å². The van der Waals surface area contributed by atoms with Crippen LogP contribution in [-0.4, -0.2) is 45.3 Å². The van der Waals surface area contributed by atoms with Crippen LogP contribution in [0.3, 0.4) is 0 Å². The molecule has 2 unspecified atom stereocenters. The van der Waals surface area contributed by atoms with E-state index < -0.39 is 0 Å². The van der Waals surface area contributed by atoms with Crippen LogP contribution in [0.1, 0.15) is 58.9 Å². The molecule has 0 amide bonds. The fourth-order valence-electron chi connectivity index (χ4n) is 3.65. The summed E-state index contributed by atoms with van der Waals surface area (Å²) >= 11 is 0. The highest BCUT2D eigenvalue weighted by Gasteiger charge is 2.25. The fourth-order valence-corrected chi connectivity index (χ4v) is 3.65. The van der Waals surface area contributed by atoms with Gasteiger partial charge in [-0.15, -0.1) is 0 Å². The third-order valence-corrected chi connectivity index (χ3v) is 4.73. The van der Waals surface area contributed by atoms with Crippen LogP contribution in [0.25, 0.3) is 11.2 Å². The van der Waals surface area contributed by atoms with E-state index in [1.807, 2.05) is 13.2 Å². The molecule has 7 nitrogen and oxygen atoms in total. The van der Waals surface area contributed by atoms with Gasteiger partial charge in [-0.25, -0.2) is 9.97 Å². The molecule has 0 spiro atoms. The van der Waals surface area contributed by atoms with Crippen molar-refractivity contribution in [2.24, 2.45) is 0 Å². The molecule has 1 aliphatic rings. The van der Waals surface area contributed by atoms with E-state index in [2.05, 4.69) is 45.9 Å². The SMILES string of the molecule is CCOC1CCCC(n2c(NC)nc3cnc(NC(C)C)nc32)CC1. The molecule has 7 heteroatoms. The molecule has 25 heavy (non-hydrogen) atoms. The fraction of sp³-hybridized carbons (Fsp3) is 0.722. The van der Waals surface area contributed by atoms with Gasteiger partial charge in [0.05, 0.1) is 12.3 Å². The molecule has 3 rings (SSSR count). The molecule has 1 saturated carbocycles. The molecule has 1 aliphatic carbocycles. The molecule has 0 aromatic carbocycles. The van der Waals surface area contributed by atoms with E-state index in [0.717, 1.165) is 49.4 Å². The number of rotatable bonds is 6. The number of nitrogens with one attached hydrogen (secondary N) is 2. The standard InChI is InChI=1S/C18H30N6O/c1-5-25-14-8-6-7-13(9-10-14)24-16-15(22-18(24)19-4)11-20-17(23-16)21-12(2)3/h11-14H,5-10H2,1-4H3,(H,19,22)(H,20,21,23). The number of anilines is 2. The summed E-state index contributed by atoms with van der Waals surface area (Å²) in [5, 5.41) is 6.52. The van der Waals surface area contributed by atoms with Crippen molar-refractivity contribution in [3.63, 3.8) is 0 Å². The Balaban J connectivity index is 1.92. The number of aromatic nitrogens is 4. The second-order valence-electron chi connectivity index (χ2n) is 7.00. The van der Waals surface area contributed by atoms with E-state index in [4.69, 9.17) is 9.72 Å². The lowest BCUT2D eigenvalue weighted by Crippen LogP contribution is -2.15. The summed E-state index contributed by atoms with van der Waals surface area (Å²) in [6, 6.07) is 0.683. The average molecular weight is 346 g/mol. The summed E-state index contributed by atoms with van der Waals surface area (Å²) in [5.74, 6) is 1.53. The first-order valence-corrected chi connectivity index (χ1v) is 9.43. The maximum absolute atomic E-state index is 5.86. The van der Waals surface area contributed by atoms with E-state index in [-0.39, 0.29) is 0 Å². The Hall–Kier alpha value is -1.89. The zero-order chi connectivity index (χ0) is 17.8. The van der Waals surface area contributed by atoms with Gasteiger partial charge in [-0.1, -0.05) is 0 Å². The number of nitrogens with zero attached hydrogens (tertiary/aromatic N) is 4. The number of imidazole rings is 1. The third-order valence-electron chi connectivity index (χ3n) is 4.73. The van der Waals surface area contributed by atoms with Gasteiger partial charge in [0.2, 0.25) is 11.9 Å². The molecule has 2 N–H and O–H groups in total. The van der Waals surface area contributed by atoms with Gasteiger partial charge in [0, 0.05) is 25.7 Å². The van der Waals surface area contributed by atoms with Gasteiger partial charge in [0.15, 0.2) is 5.65 Å². The number of hydrogen-bond acceptors (Lipinski definition) is 6. The minimum atomic E-state index is 0.294. The van der Waals surface area contributed by atoms with Crippen molar-refractivity contribution >= 4 is 23.1 Å². The maximum atomic E-state index is 5.86. The predicted molar refractivity (Wildman–Crippen MR) is 101 cm³/mol. The average Bonchev–Trinajstić information content (AvgIpc) is 2.79. The Morgan fingerprint density at radius 1 is 1.24 bits per heavy atom. The lowest BCUT2D eigenvalue weighted by Gasteiger charge is -2.20. The van der Waals surface area contributed by atoms with Crippen molar-refractivity contribution in [3.05, 3.63) is 6.20 Å². The zero-order valence-electron chi connectivity index (χ0n) is 15.7. The Bertz CT molecular complexity index is 698. The van der Waals surface area contributed by atoms with Crippen LogP contribution in [0.4, 0.5) is 11.9 Å². The zero-order valence-corrected chi connectivity index (χ0v) is 15.7. The molecule has 2 aromatic heterocycles. The Labute approximate surface area is 149 Å². The first-order chi connectivity index (χ1) is 12.1. The Morgan fingerprint density at radius 3 is 2.80 bits per heavy atom. The van der Waals surface area contributed by atoms with Gasteiger partial charge in [0.1, 0.15) is 5.52 Å². The van der Waals surface area contributed by atoms with Gasteiger partial charge in [0.25, 0.3) is 0 Å². The summed E-state index contributed by atoms with van der Waals surface area (Å²) in [4.78, 5) is 13.8. The lowest BCUT2D eigenvalue weighted by molar-refractivity contribution is 0.0518. The summed E-state index contributed by atoms with van der Waals surface area (Å²) in [5.41, 5.74) is 1.74. The second kappa shape index (κ2) is 7.99. The lowest BCUT2D eigenvalue weighted by atomic mass is 10.1. The highest BCUT2D eigenvalue weighted by molar-refractivity contribution is 5.75. The van der Waals surface area contributed by atoms with Gasteiger partial charge in [-0.05, 0) is 52.9 Å². The van der Waals surface area contributed by atoms with Crippen LogP contribution in [-0.2, 0) is 4.74 Å². The minimum Gasteiger partial charge on any atom is -0.379 e. The van der Waals surface area contributed by atoms with Crippen LogP contribution >= 0.6 is 0 Å². The van der Waals surface area contributed by atoms with Crippen LogP contribution in [0.2, 0.25) is 0 Å². The van der Waals surface area contributed by atoms with Gasteiger partial charge < -0.3 is 15.4 Å². The molecule has 0 bridgehead atoms. The van der Waals surface area contributed by atoms with E-state index in [1.165, 1.54) is 6.42 Å². The summed E-state index contributed by atoms with van der Waals surface area (Å²) in [6.07, 6.45) is 7.80. The molecule has 0 aliphatic heterocycles. The van der Waals surface area contributed by atoms with Crippen molar-refractivity contribution in [3.8, 4) is 0 Å². The highest BCUT2D eigenvalue weighted by Crippen LogP contribution is 2.33. The van der Waals surface area contributed by atoms with Crippen LogP contribution in [0.15, 0.2) is 6.20 Å². The molecular formula is C18H30N6O. The molecule has 138 valence electrons. The first-order valence-electron chi connectivity index (χ1n) is 9.43. The van der Waals surface area contributed by atoms with Gasteiger partial charge >= 0.3 is 0 Å². The first kappa shape index (κ1) is 17.9. The van der Waals surface area contributed by atoms with E-state index in [1.54, 1.807) is 0 Å². The second-order valence-corrected chi connectivity index (χ2v) is 7.00. The van der Waals surface area contributed by atoms with Crippen molar-refractivity contribution in [1.29, 1.82) is 0 Å². The predicted octanol–water partition coefficient (Wildman–Crippen LogP) is 3.60. The van der Waals surface area contributed by atoms with Crippen molar-refractivity contribution in [1.82, 2.24) is 19.5 Å². The summed E-state index contributed by atoms with van der Waals surface area (Å²) < 4.78 is 8.12. The summed E-state index contributed by atoms with van der Waals surface area (Å²) in [6.45, 7) is 7.04. The van der Waals surface area contributed by atoms with E-state index in [9.17, 15) is 0 Å². The van der Waals surface area contributed by atoms with E-state index >= 15 is 0 Å². The monoisotopic (exact) mass is 346 g/mol. The topological polar surface area (TPSA) is 76.9 Å². The van der Waals surface area contributed by atoms with Crippen LogP contribution in [0, 0.1) is 0 Å². The molecule has 2 aromatic rings. The molecule has 2 atom stereocenters. The van der Waals surface area contributed by atoms with Crippen LogP contribution < -0.4 is 10.6 Å². The largest absolute Gasteiger partial charge is 0.379 e. The smallest absolute Gasteiger partial charge is 0.224 e. The molecule has 2 heterocycles. The molecule has 0 saturated heterocycles. The van der Waals surface area contributed by atoms with Gasteiger partial charge in [-0.3, -0.25) is 4.57 Å². The van der Waals surface area contributed by atoms with Crippen molar-refractivity contribution in [2.45, 2.75) is 71.1 Å². The van der Waals surface area contributed by atoms with Crippen LogP contribution in [0.5, 0.6) is 0 Å². The minimum absolute atomic E-state index is 0.294. The molecular weight excluding hydrogens is 316 g/mol. The summed E-state index contributed by atoms with van der Waals surface area (Å²) in [7, 11) is 1.91. The maximum Gasteiger partial charge on any atom is 0.224 e. The van der Waals surface area contributed by atoms with Gasteiger partial charge in [-0.2, -0.15) is 4.98 Å². The number of ether oxygens (including phenoxy) is 1. The third kappa shape index (κ3) is 4.03. The number of hydrogen-bond donors (Lipinski definition) is 2. The highest BCUT2D eigenvalue weighted by atomic mass is 16.5. The van der Waals surface area contributed by atoms with E-state index in [0.29, 0.717) is 24.1 Å². The quantitative estimate of drug-likeness (QED) is 0.778. The molecule has 1 fully saturated rings. The Kier molecular flexibility index (Phi) is 5.73. The normalized spacial score (nSPS) is 21.5.